The van der Waals surface area contributed by atoms with E-state index in [1.165, 1.54) is 38.5 Å². The first kappa shape index (κ1) is 15.8. The van der Waals surface area contributed by atoms with E-state index in [1.807, 2.05) is 5.32 Å². The molecule has 0 aromatic carbocycles. The number of nitrogens with two attached hydrogens (primary N) is 2. The molecule has 0 saturated heterocycles. The molecule has 0 aromatic heterocycles. The number of hydrogen-bond donors (Lipinski definition) is 5. The number of rotatable bonds is 1. The molecule has 5 nitrogen and oxygen atoms in total. The maximum Gasteiger partial charge on any atom is 0.192 e. The van der Waals surface area contributed by atoms with Crippen LogP contribution in [-0.4, -0.2) is 11.9 Å². The van der Waals surface area contributed by atoms with Crippen LogP contribution in [0.3, 0.4) is 0 Å². The minimum absolute atomic E-state index is 0.312. The van der Waals surface area contributed by atoms with E-state index < -0.39 is 0 Å². The van der Waals surface area contributed by atoms with Gasteiger partial charge in [-0.2, -0.15) is 0 Å². The first-order chi connectivity index (χ1) is 9.09. The molecule has 0 aliphatic heterocycles. The number of nitrogens with one attached hydrogen (secondary N) is 3. The molecule has 0 bridgehead atoms. The summed E-state index contributed by atoms with van der Waals surface area (Å²) in [5.74, 6) is 1.65. The first-order valence-electron chi connectivity index (χ1n) is 7.54. The van der Waals surface area contributed by atoms with Crippen LogP contribution < -0.4 is 16.8 Å². The lowest BCUT2D eigenvalue weighted by molar-refractivity contribution is 0.196. The highest BCUT2D eigenvalue weighted by molar-refractivity contribution is 5.93. The maximum atomic E-state index is 6.47. The predicted octanol–water partition coefficient (Wildman–Crippen LogP) is 2.51. The first-order valence-corrected chi connectivity index (χ1v) is 7.54. The Kier molecular flexibility index (Phi) is 7.30. The topological polar surface area (TPSA) is 112 Å². The van der Waals surface area contributed by atoms with Crippen LogP contribution in [0.25, 0.3) is 0 Å². The molecule has 2 aliphatic carbocycles. The van der Waals surface area contributed by atoms with E-state index in [0.29, 0.717) is 0 Å². The average molecular weight is 267 g/mol. The summed E-state index contributed by atoms with van der Waals surface area (Å²) in [5.41, 5.74) is 9.49. The van der Waals surface area contributed by atoms with Gasteiger partial charge >= 0.3 is 0 Å². The van der Waals surface area contributed by atoms with Crippen LogP contribution in [0.1, 0.15) is 64.2 Å². The summed E-state index contributed by atoms with van der Waals surface area (Å²) in [7, 11) is 0. The van der Waals surface area contributed by atoms with E-state index in [2.05, 4.69) is 0 Å². The maximum absolute atomic E-state index is 6.47. The SMILES string of the molecule is C1CCC(C2CCCCC2)CC1.N=C(N)NC(=N)N. The van der Waals surface area contributed by atoms with E-state index in [9.17, 15) is 0 Å². The molecule has 0 amide bonds. The third kappa shape index (κ3) is 7.03. The van der Waals surface area contributed by atoms with E-state index >= 15 is 0 Å². The molecule has 2 aliphatic rings. The van der Waals surface area contributed by atoms with Gasteiger partial charge in [0.05, 0.1) is 0 Å². The normalized spacial score (nSPS) is 21.1. The standard InChI is InChI=1S/C12H22.C2H7N5/c1-3-7-11(8-4-1)12-9-5-2-6-10-12;3-1(4)7-2(5)6/h11-12H,1-10H2;(H7,3,4,5,6,7). The van der Waals surface area contributed by atoms with Crippen molar-refractivity contribution in [1.82, 2.24) is 5.32 Å². The second kappa shape index (κ2) is 8.77. The van der Waals surface area contributed by atoms with Gasteiger partial charge in [-0.25, -0.2) is 0 Å². The van der Waals surface area contributed by atoms with Crippen molar-refractivity contribution in [3.8, 4) is 0 Å². The van der Waals surface area contributed by atoms with Gasteiger partial charge in [-0.05, 0) is 11.8 Å². The van der Waals surface area contributed by atoms with Crippen molar-refractivity contribution in [2.45, 2.75) is 64.2 Å². The summed E-state index contributed by atoms with van der Waals surface area (Å²) in [6.07, 6.45) is 15.4. The Morgan fingerprint density at radius 3 is 1.21 bits per heavy atom. The molecule has 0 atom stereocenters. The summed E-state index contributed by atoms with van der Waals surface area (Å²) in [5, 5.41) is 15.0. The van der Waals surface area contributed by atoms with Crippen LogP contribution in [0, 0.1) is 22.7 Å². The van der Waals surface area contributed by atoms with E-state index in [-0.39, 0.29) is 11.9 Å². The van der Waals surface area contributed by atoms with Crippen molar-refractivity contribution in [3.05, 3.63) is 0 Å². The van der Waals surface area contributed by atoms with Crippen molar-refractivity contribution in [2.24, 2.45) is 23.3 Å². The molecule has 2 rings (SSSR count). The van der Waals surface area contributed by atoms with E-state index in [4.69, 9.17) is 22.3 Å². The van der Waals surface area contributed by atoms with Crippen molar-refractivity contribution in [2.75, 3.05) is 0 Å². The van der Waals surface area contributed by atoms with Gasteiger partial charge in [-0.3, -0.25) is 16.1 Å². The van der Waals surface area contributed by atoms with Crippen LogP contribution in [0.5, 0.6) is 0 Å². The largest absolute Gasteiger partial charge is 0.370 e. The van der Waals surface area contributed by atoms with E-state index in [0.717, 1.165) is 11.8 Å². The molecule has 19 heavy (non-hydrogen) atoms. The fourth-order valence-corrected chi connectivity index (χ4v) is 3.36. The smallest absolute Gasteiger partial charge is 0.192 e. The third-order valence-electron chi connectivity index (χ3n) is 4.24. The zero-order valence-corrected chi connectivity index (χ0v) is 11.9. The van der Waals surface area contributed by atoms with Crippen LogP contribution >= 0.6 is 0 Å². The number of guanidine groups is 2. The van der Waals surface area contributed by atoms with Gasteiger partial charge in [0.1, 0.15) is 0 Å². The molecule has 0 unspecified atom stereocenters. The zero-order valence-electron chi connectivity index (χ0n) is 11.9. The van der Waals surface area contributed by atoms with Gasteiger partial charge in [-0.1, -0.05) is 64.2 Å². The molecule has 0 heterocycles. The van der Waals surface area contributed by atoms with Gasteiger partial charge in [0.25, 0.3) is 0 Å². The fourth-order valence-electron chi connectivity index (χ4n) is 3.36. The molecule has 0 aromatic rings. The average Bonchev–Trinajstić information content (AvgIpc) is 2.40. The van der Waals surface area contributed by atoms with Gasteiger partial charge in [0, 0.05) is 0 Å². The second-order valence-electron chi connectivity index (χ2n) is 5.75. The van der Waals surface area contributed by atoms with Crippen molar-refractivity contribution in [3.63, 3.8) is 0 Å². The molecular weight excluding hydrogens is 238 g/mol. The minimum Gasteiger partial charge on any atom is -0.370 e. The fraction of sp³-hybridized carbons (Fsp3) is 0.857. The molecule has 2 saturated carbocycles. The highest BCUT2D eigenvalue weighted by Gasteiger charge is 2.24. The van der Waals surface area contributed by atoms with Crippen LogP contribution in [0.2, 0.25) is 0 Å². The highest BCUT2D eigenvalue weighted by atomic mass is 15.1. The minimum atomic E-state index is -0.312. The van der Waals surface area contributed by atoms with Crippen LogP contribution in [0.4, 0.5) is 0 Å². The summed E-state index contributed by atoms with van der Waals surface area (Å²) < 4.78 is 0. The second-order valence-corrected chi connectivity index (χ2v) is 5.75. The highest BCUT2D eigenvalue weighted by Crippen LogP contribution is 2.37. The molecule has 0 spiro atoms. The van der Waals surface area contributed by atoms with E-state index in [1.54, 1.807) is 25.7 Å². The van der Waals surface area contributed by atoms with Gasteiger partial charge in [0.15, 0.2) is 11.9 Å². The Bertz CT molecular complexity index is 250. The molecule has 0 radical (unpaired) electrons. The Morgan fingerprint density at radius 2 is 1.00 bits per heavy atom. The Hall–Kier alpha value is -1.26. The van der Waals surface area contributed by atoms with Crippen molar-refractivity contribution >= 4 is 11.9 Å². The molecule has 7 N–H and O–H groups in total. The summed E-state index contributed by atoms with van der Waals surface area (Å²) in [6.45, 7) is 0. The lowest BCUT2D eigenvalue weighted by Gasteiger charge is -2.32. The van der Waals surface area contributed by atoms with Crippen molar-refractivity contribution in [1.29, 1.82) is 10.8 Å². The quantitative estimate of drug-likeness (QED) is 0.371. The monoisotopic (exact) mass is 267 g/mol. The van der Waals surface area contributed by atoms with Crippen LogP contribution in [0.15, 0.2) is 0 Å². The van der Waals surface area contributed by atoms with Gasteiger partial charge < -0.3 is 11.5 Å². The predicted molar refractivity (Wildman–Crippen MR) is 80.1 cm³/mol. The Labute approximate surface area is 116 Å². The lowest BCUT2D eigenvalue weighted by atomic mass is 9.73. The summed E-state index contributed by atoms with van der Waals surface area (Å²) >= 11 is 0. The number of hydrogen-bond acceptors (Lipinski definition) is 2. The van der Waals surface area contributed by atoms with Crippen LogP contribution in [-0.2, 0) is 0 Å². The Morgan fingerprint density at radius 1 is 0.684 bits per heavy atom. The third-order valence-corrected chi connectivity index (χ3v) is 4.24. The molecular formula is C14H29N5. The molecule has 2 fully saturated rings. The van der Waals surface area contributed by atoms with Gasteiger partial charge in [-0.15, -0.1) is 0 Å². The Balaban J connectivity index is 0.000000224. The lowest BCUT2D eigenvalue weighted by Crippen LogP contribution is -2.39. The summed E-state index contributed by atoms with van der Waals surface area (Å²) in [6, 6.07) is 0. The van der Waals surface area contributed by atoms with Crippen molar-refractivity contribution < 1.29 is 0 Å². The molecule has 5 heteroatoms. The van der Waals surface area contributed by atoms with Gasteiger partial charge in [0.2, 0.25) is 0 Å². The molecule has 110 valence electrons. The zero-order chi connectivity index (χ0) is 14.1. The summed E-state index contributed by atoms with van der Waals surface area (Å²) in [4.78, 5) is 0.